The van der Waals surface area contributed by atoms with Gasteiger partial charge in [0.15, 0.2) is 11.5 Å². The molecule has 9 heteroatoms. The second-order valence-corrected chi connectivity index (χ2v) is 3.75. The average molecular weight is 291 g/mol. The number of nitro groups is 1. The first-order valence-electron chi connectivity index (χ1n) is 5.57. The van der Waals surface area contributed by atoms with E-state index in [1.807, 2.05) is 0 Å². The molecule has 0 radical (unpaired) electrons. The van der Waals surface area contributed by atoms with Gasteiger partial charge in [0.05, 0.1) is 17.6 Å². The maximum atomic E-state index is 10.9. The summed E-state index contributed by atoms with van der Waals surface area (Å²) in [6.45, 7) is 0. The number of benzene rings is 1. The fourth-order valence-corrected chi connectivity index (χ4v) is 1.44. The maximum Gasteiger partial charge on any atom is 0.335 e. The molecule has 1 aromatic carbocycles. The molecule has 0 saturated heterocycles. The molecule has 1 N–H and O–H groups in total. The Kier molecular flexibility index (Phi) is 3.93. The zero-order valence-electron chi connectivity index (χ0n) is 10.7. The van der Waals surface area contributed by atoms with Gasteiger partial charge in [0, 0.05) is 0 Å². The molecule has 108 valence electrons. The largest absolute Gasteiger partial charge is 0.493 e. The van der Waals surface area contributed by atoms with Gasteiger partial charge in [0.25, 0.3) is 0 Å². The van der Waals surface area contributed by atoms with Crippen molar-refractivity contribution in [1.29, 1.82) is 0 Å². The SMILES string of the molecule is COc1cc(C(=O)O)ccc1Oc1ncc([N+](=O)[O-])cn1. The van der Waals surface area contributed by atoms with E-state index in [0.29, 0.717) is 0 Å². The topological polar surface area (TPSA) is 125 Å². The first-order chi connectivity index (χ1) is 10.0. The fraction of sp³-hybridized carbons (Fsp3) is 0.0833. The molecule has 2 aromatic rings. The van der Waals surface area contributed by atoms with Gasteiger partial charge in [-0.25, -0.2) is 4.79 Å². The normalized spacial score (nSPS) is 9.95. The fourth-order valence-electron chi connectivity index (χ4n) is 1.44. The van der Waals surface area contributed by atoms with Crippen molar-refractivity contribution in [3.8, 4) is 17.5 Å². The summed E-state index contributed by atoms with van der Waals surface area (Å²) < 4.78 is 10.3. The minimum absolute atomic E-state index is 0.0313. The van der Waals surface area contributed by atoms with E-state index in [1.165, 1.54) is 25.3 Å². The molecule has 2 rings (SSSR count). The molecule has 0 spiro atoms. The Labute approximate surface area is 117 Å². The number of carbonyl (C=O) groups is 1. The van der Waals surface area contributed by atoms with Gasteiger partial charge < -0.3 is 14.6 Å². The third-order valence-electron chi connectivity index (χ3n) is 2.44. The highest BCUT2D eigenvalue weighted by Gasteiger charge is 2.13. The highest BCUT2D eigenvalue weighted by atomic mass is 16.6. The van der Waals surface area contributed by atoms with Crippen molar-refractivity contribution in [3.63, 3.8) is 0 Å². The highest BCUT2D eigenvalue weighted by molar-refractivity contribution is 5.88. The molecule has 0 atom stereocenters. The molecule has 0 unspecified atom stereocenters. The molecule has 21 heavy (non-hydrogen) atoms. The van der Waals surface area contributed by atoms with Crippen LogP contribution in [-0.4, -0.2) is 33.1 Å². The van der Waals surface area contributed by atoms with Crippen molar-refractivity contribution in [2.45, 2.75) is 0 Å². The van der Waals surface area contributed by atoms with E-state index in [-0.39, 0.29) is 28.8 Å². The quantitative estimate of drug-likeness (QED) is 0.653. The van der Waals surface area contributed by atoms with Crippen molar-refractivity contribution in [2.75, 3.05) is 7.11 Å². The van der Waals surface area contributed by atoms with Crippen molar-refractivity contribution in [2.24, 2.45) is 0 Å². The molecular formula is C12H9N3O6. The minimum Gasteiger partial charge on any atom is -0.493 e. The summed E-state index contributed by atoms with van der Waals surface area (Å²) in [5, 5.41) is 19.4. The van der Waals surface area contributed by atoms with Crippen LogP contribution in [0.15, 0.2) is 30.6 Å². The smallest absolute Gasteiger partial charge is 0.335 e. The number of nitrogens with zero attached hydrogens (tertiary/aromatic N) is 3. The number of carboxylic acids is 1. The van der Waals surface area contributed by atoms with Gasteiger partial charge in [0.2, 0.25) is 0 Å². The lowest BCUT2D eigenvalue weighted by Crippen LogP contribution is -1.99. The zero-order chi connectivity index (χ0) is 15.4. The first-order valence-corrected chi connectivity index (χ1v) is 5.57. The molecule has 1 heterocycles. The van der Waals surface area contributed by atoms with Crippen LogP contribution in [0.25, 0.3) is 0 Å². The number of carboxylic acid groups (broad SMARTS) is 1. The molecule has 0 amide bonds. The highest BCUT2D eigenvalue weighted by Crippen LogP contribution is 2.31. The van der Waals surface area contributed by atoms with Gasteiger partial charge >= 0.3 is 17.7 Å². The standard InChI is InChI=1S/C12H9N3O6/c1-20-10-4-7(11(16)17)2-3-9(10)21-12-13-5-8(6-14-12)15(18)19/h2-6H,1H3,(H,16,17). The molecule has 0 fully saturated rings. The molecule has 0 saturated carbocycles. The van der Waals surface area contributed by atoms with Crippen molar-refractivity contribution in [1.82, 2.24) is 9.97 Å². The molecule has 0 aliphatic heterocycles. The summed E-state index contributed by atoms with van der Waals surface area (Å²) in [4.78, 5) is 28.1. The van der Waals surface area contributed by atoms with Crippen LogP contribution in [0.2, 0.25) is 0 Å². The summed E-state index contributed by atoms with van der Waals surface area (Å²) in [5.74, 6) is -0.736. The van der Waals surface area contributed by atoms with E-state index in [1.54, 1.807) is 0 Å². The van der Waals surface area contributed by atoms with Gasteiger partial charge in [-0.05, 0) is 18.2 Å². The molecule has 0 aliphatic rings. The second kappa shape index (κ2) is 5.82. The number of ether oxygens (including phenoxy) is 2. The van der Waals surface area contributed by atoms with E-state index in [0.717, 1.165) is 12.4 Å². The third kappa shape index (κ3) is 3.21. The lowest BCUT2D eigenvalue weighted by molar-refractivity contribution is -0.385. The monoisotopic (exact) mass is 291 g/mol. The Balaban J connectivity index is 2.26. The Morgan fingerprint density at radius 1 is 1.29 bits per heavy atom. The van der Waals surface area contributed by atoms with Crippen LogP contribution >= 0.6 is 0 Å². The number of hydrogen-bond acceptors (Lipinski definition) is 7. The molecule has 9 nitrogen and oxygen atoms in total. The predicted molar refractivity (Wildman–Crippen MR) is 68.7 cm³/mol. The van der Waals surface area contributed by atoms with Gasteiger partial charge in [-0.15, -0.1) is 0 Å². The van der Waals surface area contributed by atoms with Crippen molar-refractivity contribution >= 4 is 11.7 Å². The van der Waals surface area contributed by atoms with Crippen LogP contribution in [0.3, 0.4) is 0 Å². The van der Waals surface area contributed by atoms with Crippen LogP contribution in [0.1, 0.15) is 10.4 Å². The molecule has 1 aromatic heterocycles. The first kappa shape index (κ1) is 14.2. The lowest BCUT2D eigenvalue weighted by Gasteiger charge is -2.09. The molecule has 0 bridgehead atoms. The summed E-state index contributed by atoms with van der Waals surface area (Å²) in [7, 11) is 1.35. The van der Waals surface area contributed by atoms with Gasteiger partial charge in [-0.2, -0.15) is 9.97 Å². The Bertz CT molecular complexity index is 686. The Morgan fingerprint density at radius 3 is 2.48 bits per heavy atom. The van der Waals surface area contributed by atoms with Crippen LogP contribution < -0.4 is 9.47 Å². The van der Waals surface area contributed by atoms with Crippen LogP contribution in [-0.2, 0) is 0 Å². The van der Waals surface area contributed by atoms with Crippen LogP contribution in [0.5, 0.6) is 17.5 Å². The van der Waals surface area contributed by atoms with Gasteiger partial charge in [-0.1, -0.05) is 0 Å². The maximum absolute atomic E-state index is 10.9. The second-order valence-electron chi connectivity index (χ2n) is 3.75. The van der Waals surface area contributed by atoms with E-state index in [4.69, 9.17) is 14.6 Å². The van der Waals surface area contributed by atoms with E-state index in [9.17, 15) is 14.9 Å². The van der Waals surface area contributed by atoms with Crippen molar-refractivity contribution < 1.29 is 24.3 Å². The Hall–Kier alpha value is -3.23. The number of hydrogen-bond donors (Lipinski definition) is 1. The summed E-state index contributed by atoms with van der Waals surface area (Å²) in [6.07, 6.45) is 2.00. The van der Waals surface area contributed by atoms with Crippen LogP contribution in [0, 0.1) is 10.1 Å². The van der Waals surface area contributed by atoms with E-state index >= 15 is 0 Å². The van der Waals surface area contributed by atoms with E-state index < -0.39 is 10.9 Å². The molecule has 0 aliphatic carbocycles. The zero-order valence-corrected chi connectivity index (χ0v) is 10.7. The third-order valence-corrected chi connectivity index (χ3v) is 2.44. The average Bonchev–Trinajstić information content (AvgIpc) is 2.48. The lowest BCUT2D eigenvalue weighted by atomic mass is 10.2. The van der Waals surface area contributed by atoms with E-state index in [2.05, 4.69) is 9.97 Å². The Morgan fingerprint density at radius 2 is 1.95 bits per heavy atom. The van der Waals surface area contributed by atoms with Gasteiger partial charge in [0.1, 0.15) is 12.4 Å². The van der Waals surface area contributed by atoms with Crippen LogP contribution in [0.4, 0.5) is 5.69 Å². The minimum atomic E-state index is -1.11. The number of aromatic carboxylic acids is 1. The number of aromatic nitrogens is 2. The number of rotatable bonds is 5. The molecular weight excluding hydrogens is 282 g/mol. The summed E-state index contributed by atoms with van der Waals surface area (Å²) in [6, 6.07) is 3.86. The van der Waals surface area contributed by atoms with Crippen molar-refractivity contribution in [3.05, 3.63) is 46.3 Å². The van der Waals surface area contributed by atoms with Gasteiger partial charge in [-0.3, -0.25) is 10.1 Å². The number of methoxy groups -OCH3 is 1. The summed E-state index contributed by atoms with van der Waals surface area (Å²) >= 11 is 0. The predicted octanol–water partition coefficient (Wildman–Crippen LogP) is 1.88. The summed E-state index contributed by atoms with van der Waals surface area (Å²) in [5.41, 5.74) is -0.237.